The fourth-order valence-corrected chi connectivity index (χ4v) is 1.78. The summed E-state index contributed by atoms with van der Waals surface area (Å²) in [6.07, 6.45) is 3.49. The minimum Gasteiger partial charge on any atom is -0.389 e. The van der Waals surface area contributed by atoms with Crippen LogP contribution < -0.4 is 0 Å². The highest BCUT2D eigenvalue weighted by atomic mass is 35.5. The number of aromatic nitrogens is 1. The minimum atomic E-state index is -0.419. The van der Waals surface area contributed by atoms with E-state index in [9.17, 15) is 5.11 Å². The largest absolute Gasteiger partial charge is 0.389 e. The molecule has 0 fully saturated rings. The quantitative estimate of drug-likeness (QED) is 0.820. The molecular weight excluding hydrogens is 222 g/mol. The van der Waals surface area contributed by atoms with E-state index in [1.807, 2.05) is 37.4 Å². The highest BCUT2D eigenvalue weighted by Crippen LogP contribution is 2.24. The number of aliphatic hydroxyl groups excluding tert-OH is 1. The molecule has 0 spiro atoms. The van der Waals surface area contributed by atoms with Gasteiger partial charge in [0, 0.05) is 22.1 Å². The number of nitrogens with one attached hydrogen (secondary N) is 1. The first-order valence-corrected chi connectivity index (χ1v) is 5.58. The summed E-state index contributed by atoms with van der Waals surface area (Å²) < 4.78 is 0. The fraction of sp³-hybridized carbons (Fsp3) is 0.231. The number of halogens is 1. The summed E-state index contributed by atoms with van der Waals surface area (Å²) in [5, 5.41) is 11.3. The van der Waals surface area contributed by atoms with Crippen molar-refractivity contribution in [1.29, 1.82) is 0 Å². The van der Waals surface area contributed by atoms with E-state index in [0.29, 0.717) is 0 Å². The van der Waals surface area contributed by atoms with Crippen molar-refractivity contribution in [2.75, 3.05) is 0 Å². The highest BCUT2D eigenvalue weighted by molar-refractivity contribution is 6.31. The lowest BCUT2D eigenvalue weighted by atomic mass is 10.1. The summed E-state index contributed by atoms with van der Waals surface area (Å²) in [5.41, 5.74) is 3.03. The van der Waals surface area contributed by atoms with Crippen LogP contribution in [-0.2, 0) is 0 Å². The minimum absolute atomic E-state index is 0.419. The molecule has 3 heteroatoms. The van der Waals surface area contributed by atoms with Gasteiger partial charge in [-0.3, -0.25) is 0 Å². The summed E-state index contributed by atoms with van der Waals surface area (Å²) in [6, 6.07) is 5.74. The molecule has 1 unspecified atom stereocenters. The van der Waals surface area contributed by atoms with Gasteiger partial charge in [0.1, 0.15) is 0 Å². The number of aromatic amines is 1. The third-order valence-corrected chi connectivity index (χ3v) is 2.95. The molecule has 0 aliphatic carbocycles. The number of fused-ring (bicyclic) bond motifs is 1. The van der Waals surface area contributed by atoms with Crippen LogP contribution in [0.15, 0.2) is 30.0 Å². The van der Waals surface area contributed by atoms with Gasteiger partial charge in [0.15, 0.2) is 0 Å². The zero-order chi connectivity index (χ0) is 11.7. The first-order valence-electron chi connectivity index (χ1n) is 5.21. The average molecular weight is 236 g/mol. The van der Waals surface area contributed by atoms with Gasteiger partial charge in [0.05, 0.1) is 6.10 Å². The standard InChI is InChI=1S/C13H14ClNO/c1-8(9(2)16)5-10-7-15-13-6-11(14)3-4-12(10)13/h3-7,9,15-16H,1-2H3/b8-5+. The molecule has 1 atom stereocenters. The van der Waals surface area contributed by atoms with Crippen LogP contribution in [0.4, 0.5) is 0 Å². The van der Waals surface area contributed by atoms with Crippen LogP contribution in [0.25, 0.3) is 17.0 Å². The Morgan fingerprint density at radius 1 is 1.50 bits per heavy atom. The highest BCUT2D eigenvalue weighted by Gasteiger charge is 2.04. The number of benzene rings is 1. The van der Waals surface area contributed by atoms with Crippen molar-refractivity contribution in [2.45, 2.75) is 20.0 Å². The van der Waals surface area contributed by atoms with Gasteiger partial charge in [-0.2, -0.15) is 0 Å². The maximum absolute atomic E-state index is 9.44. The zero-order valence-electron chi connectivity index (χ0n) is 9.29. The van der Waals surface area contributed by atoms with Gasteiger partial charge in [-0.15, -0.1) is 0 Å². The molecule has 0 radical (unpaired) electrons. The van der Waals surface area contributed by atoms with Crippen LogP contribution in [0, 0.1) is 0 Å². The first kappa shape index (κ1) is 11.2. The maximum Gasteiger partial charge on any atom is 0.0722 e. The molecule has 16 heavy (non-hydrogen) atoms. The second kappa shape index (κ2) is 4.32. The number of H-pyrrole nitrogens is 1. The van der Waals surface area contributed by atoms with Crippen molar-refractivity contribution in [3.63, 3.8) is 0 Å². The normalized spacial score (nSPS) is 14.4. The van der Waals surface area contributed by atoms with Crippen molar-refractivity contribution in [1.82, 2.24) is 4.98 Å². The SMILES string of the molecule is C/C(=C\c1c[nH]c2cc(Cl)ccc12)C(C)O. The van der Waals surface area contributed by atoms with Gasteiger partial charge >= 0.3 is 0 Å². The number of hydrogen-bond donors (Lipinski definition) is 2. The molecule has 84 valence electrons. The molecule has 1 heterocycles. The van der Waals surface area contributed by atoms with Crippen molar-refractivity contribution < 1.29 is 5.11 Å². The first-order chi connectivity index (χ1) is 7.58. The molecule has 2 N–H and O–H groups in total. The van der Waals surface area contributed by atoms with Crippen molar-refractivity contribution in [3.05, 3.63) is 40.6 Å². The predicted octanol–water partition coefficient (Wildman–Crippen LogP) is 3.61. The Balaban J connectivity index is 2.51. The van der Waals surface area contributed by atoms with Crippen molar-refractivity contribution >= 4 is 28.6 Å². The molecular formula is C13H14ClNO. The number of hydrogen-bond acceptors (Lipinski definition) is 1. The molecule has 2 aromatic rings. The van der Waals surface area contributed by atoms with Gasteiger partial charge < -0.3 is 10.1 Å². The molecule has 2 rings (SSSR count). The van der Waals surface area contributed by atoms with E-state index in [-0.39, 0.29) is 0 Å². The Morgan fingerprint density at radius 2 is 2.25 bits per heavy atom. The van der Waals surface area contributed by atoms with Crippen molar-refractivity contribution in [2.24, 2.45) is 0 Å². The second-order valence-electron chi connectivity index (χ2n) is 4.00. The Hall–Kier alpha value is -1.25. The summed E-state index contributed by atoms with van der Waals surface area (Å²) >= 11 is 5.91. The van der Waals surface area contributed by atoms with E-state index in [2.05, 4.69) is 4.98 Å². The molecule has 2 nitrogen and oxygen atoms in total. The van der Waals surface area contributed by atoms with Crippen LogP contribution in [0.2, 0.25) is 5.02 Å². The van der Waals surface area contributed by atoms with E-state index in [1.54, 1.807) is 6.92 Å². The molecule has 0 aliphatic heterocycles. The summed E-state index contributed by atoms with van der Waals surface area (Å²) in [4.78, 5) is 3.16. The van der Waals surface area contributed by atoms with Crippen LogP contribution in [-0.4, -0.2) is 16.2 Å². The monoisotopic (exact) mass is 235 g/mol. The third-order valence-electron chi connectivity index (χ3n) is 2.72. The van der Waals surface area contributed by atoms with E-state index in [0.717, 1.165) is 27.1 Å². The van der Waals surface area contributed by atoms with E-state index in [1.165, 1.54) is 0 Å². The van der Waals surface area contributed by atoms with Gasteiger partial charge in [-0.25, -0.2) is 0 Å². The smallest absolute Gasteiger partial charge is 0.0722 e. The molecule has 1 aromatic heterocycles. The Kier molecular flexibility index (Phi) is 3.03. The summed E-state index contributed by atoms with van der Waals surface area (Å²) in [6.45, 7) is 3.68. The van der Waals surface area contributed by atoms with E-state index in [4.69, 9.17) is 11.6 Å². The molecule has 1 aromatic carbocycles. The number of rotatable bonds is 2. The third kappa shape index (κ3) is 2.13. The van der Waals surface area contributed by atoms with E-state index >= 15 is 0 Å². The molecule has 0 amide bonds. The average Bonchev–Trinajstić information content (AvgIpc) is 2.60. The molecule has 0 bridgehead atoms. The Morgan fingerprint density at radius 3 is 2.94 bits per heavy atom. The lowest BCUT2D eigenvalue weighted by Gasteiger charge is -2.03. The Bertz CT molecular complexity index is 540. The van der Waals surface area contributed by atoms with E-state index < -0.39 is 6.10 Å². The second-order valence-corrected chi connectivity index (χ2v) is 4.43. The van der Waals surface area contributed by atoms with Crippen LogP contribution >= 0.6 is 11.6 Å². The van der Waals surface area contributed by atoms with Gasteiger partial charge in [-0.1, -0.05) is 23.7 Å². The lowest BCUT2D eigenvalue weighted by molar-refractivity contribution is 0.232. The summed E-state index contributed by atoms with van der Waals surface area (Å²) in [5.74, 6) is 0. The van der Waals surface area contributed by atoms with Gasteiger partial charge in [-0.05, 0) is 37.1 Å². The van der Waals surface area contributed by atoms with Gasteiger partial charge in [0.25, 0.3) is 0 Å². The lowest BCUT2D eigenvalue weighted by Crippen LogP contribution is -1.99. The molecule has 0 saturated carbocycles. The van der Waals surface area contributed by atoms with Crippen molar-refractivity contribution in [3.8, 4) is 0 Å². The molecule has 0 aliphatic rings. The summed E-state index contributed by atoms with van der Waals surface area (Å²) in [7, 11) is 0. The fourth-order valence-electron chi connectivity index (χ4n) is 1.61. The van der Waals surface area contributed by atoms with Crippen LogP contribution in [0.3, 0.4) is 0 Å². The Labute approximate surface area is 99.6 Å². The van der Waals surface area contributed by atoms with Crippen LogP contribution in [0.5, 0.6) is 0 Å². The topological polar surface area (TPSA) is 36.0 Å². The van der Waals surface area contributed by atoms with Crippen LogP contribution in [0.1, 0.15) is 19.4 Å². The maximum atomic E-state index is 9.44. The van der Waals surface area contributed by atoms with Gasteiger partial charge in [0.2, 0.25) is 0 Å². The molecule has 0 saturated heterocycles. The zero-order valence-corrected chi connectivity index (χ0v) is 10.0. The number of aliphatic hydroxyl groups is 1. The predicted molar refractivity (Wildman–Crippen MR) is 68.6 cm³/mol.